The average molecular weight is 389 g/mol. The van der Waals surface area contributed by atoms with Crippen LogP contribution in [0.1, 0.15) is 25.3 Å². The third-order valence-corrected chi connectivity index (χ3v) is 4.52. The van der Waals surface area contributed by atoms with Crippen molar-refractivity contribution < 1.29 is 14.5 Å². The van der Waals surface area contributed by atoms with Gasteiger partial charge in [0.15, 0.2) is 6.61 Å². The number of hydrogen-bond donors (Lipinski definition) is 1. The normalized spacial score (nSPS) is 15.8. The second kappa shape index (κ2) is 8.40. The Morgan fingerprint density at radius 3 is 2.79 bits per heavy atom. The maximum Gasteiger partial charge on any atom is 0.337 e. The number of nitro groups is 1. The number of dihydropyridines is 1. The summed E-state index contributed by atoms with van der Waals surface area (Å²) in [7, 11) is 0. The summed E-state index contributed by atoms with van der Waals surface area (Å²) in [5, 5.41) is 14.1. The fourth-order valence-corrected chi connectivity index (χ4v) is 3.24. The molecule has 2 aromatic rings. The Hall–Kier alpha value is -3.92. The Labute approximate surface area is 168 Å². The van der Waals surface area contributed by atoms with Crippen molar-refractivity contribution in [3.8, 4) is 23.6 Å². The number of hydrogen-bond acceptors (Lipinski definition) is 6. The lowest BCUT2D eigenvalue weighted by Gasteiger charge is -2.25. The SMILES string of the molecule is C#CCOC(=O)C1=C(C)NC(C)=CC1c1ccc(-c2cccc([N+](=O)[O-])c2)nc1. The van der Waals surface area contributed by atoms with Crippen molar-refractivity contribution in [2.24, 2.45) is 0 Å². The minimum absolute atomic E-state index is 0.00222. The summed E-state index contributed by atoms with van der Waals surface area (Å²) in [5.41, 5.74) is 4.11. The van der Waals surface area contributed by atoms with Crippen LogP contribution in [0.25, 0.3) is 11.3 Å². The van der Waals surface area contributed by atoms with Gasteiger partial charge in [0.2, 0.25) is 0 Å². The third-order valence-electron chi connectivity index (χ3n) is 4.52. The fourth-order valence-electron chi connectivity index (χ4n) is 3.24. The number of non-ortho nitro benzene ring substituents is 1. The Bertz CT molecular complexity index is 1060. The van der Waals surface area contributed by atoms with E-state index in [4.69, 9.17) is 11.2 Å². The van der Waals surface area contributed by atoms with Crippen molar-refractivity contribution >= 4 is 11.7 Å². The van der Waals surface area contributed by atoms with Crippen molar-refractivity contribution in [2.45, 2.75) is 19.8 Å². The van der Waals surface area contributed by atoms with E-state index in [1.807, 2.05) is 19.1 Å². The van der Waals surface area contributed by atoms with Crippen LogP contribution in [-0.4, -0.2) is 22.5 Å². The number of nitrogens with zero attached hydrogens (tertiary/aromatic N) is 2. The second-order valence-corrected chi connectivity index (χ2v) is 6.56. The molecule has 1 N–H and O–H groups in total. The molecule has 146 valence electrons. The highest BCUT2D eigenvalue weighted by Gasteiger charge is 2.28. The van der Waals surface area contributed by atoms with Gasteiger partial charge in [0.25, 0.3) is 5.69 Å². The molecule has 1 aliphatic heterocycles. The largest absolute Gasteiger partial charge is 0.449 e. The number of benzene rings is 1. The predicted octanol–water partition coefficient (Wildman–Crippen LogP) is 3.70. The monoisotopic (exact) mass is 389 g/mol. The highest BCUT2D eigenvalue weighted by Crippen LogP contribution is 2.33. The van der Waals surface area contributed by atoms with Gasteiger partial charge in [-0.05, 0) is 25.5 Å². The number of pyridine rings is 1. The summed E-state index contributed by atoms with van der Waals surface area (Å²) < 4.78 is 5.13. The van der Waals surface area contributed by atoms with E-state index in [0.717, 1.165) is 11.3 Å². The smallest absolute Gasteiger partial charge is 0.337 e. The zero-order chi connectivity index (χ0) is 21.0. The summed E-state index contributed by atoms with van der Waals surface area (Å²) >= 11 is 0. The van der Waals surface area contributed by atoms with Crippen LogP contribution < -0.4 is 5.32 Å². The molecule has 0 saturated carbocycles. The quantitative estimate of drug-likeness (QED) is 0.363. The van der Waals surface area contributed by atoms with Gasteiger partial charge in [-0.3, -0.25) is 15.1 Å². The number of esters is 1. The van der Waals surface area contributed by atoms with Crippen LogP contribution in [0.4, 0.5) is 5.69 Å². The molecule has 0 radical (unpaired) electrons. The zero-order valence-corrected chi connectivity index (χ0v) is 16.0. The van der Waals surface area contributed by atoms with E-state index in [1.54, 1.807) is 31.3 Å². The lowest BCUT2D eigenvalue weighted by Crippen LogP contribution is -2.25. The summed E-state index contributed by atoms with van der Waals surface area (Å²) in [6.07, 6.45) is 8.77. The van der Waals surface area contributed by atoms with Crippen molar-refractivity contribution in [3.05, 3.63) is 81.3 Å². The minimum Gasteiger partial charge on any atom is -0.449 e. The molecule has 29 heavy (non-hydrogen) atoms. The lowest BCUT2D eigenvalue weighted by molar-refractivity contribution is -0.384. The van der Waals surface area contributed by atoms with Crippen LogP contribution in [0.5, 0.6) is 0 Å². The molecule has 0 aliphatic carbocycles. The average Bonchev–Trinajstić information content (AvgIpc) is 2.71. The molecule has 1 unspecified atom stereocenters. The standard InChI is InChI=1S/C22H19N3O4/c1-4-10-29-22(26)21-15(3)24-14(2)11-19(21)17-8-9-20(23-13-17)16-6-5-7-18(12-16)25(27)28/h1,5-9,11-13,19,24H,10H2,2-3H3. The zero-order valence-electron chi connectivity index (χ0n) is 16.0. The van der Waals surface area contributed by atoms with Gasteiger partial charge < -0.3 is 10.1 Å². The van der Waals surface area contributed by atoms with Crippen LogP contribution in [0.15, 0.2) is 65.6 Å². The van der Waals surface area contributed by atoms with E-state index in [1.165, 1.54) is 12.1 Å². The number of rotatable bonds is 5. The molecule has 1 aliphatic rings. The fraction of sp³-hybridized carbons (Fsp3) is 0.182. The topological polar surface area (TPSA) is 94.4 Å². The number of nitrogens with one attached hydrogen (secondary N) is 1. The highest BCUT2D eigenvalue weighted by molar-refractivity contribution is 5.92. The number of terminal acetylenes is 1. The number of carbonyl (C=O) groups is 1. The third kappa shape index (κ3) is 4.33. The van der Waals surface area contributed by atoms with Crippen molar-refractivity contribution in [1.82, 2.24) is 10.3 Å². The van der Waals surface area contributed by atoms with Gasteiger partial charge in [0.05, 0.1) is 16.2 Å². The Balaban J connectivity index is 1.94. The molecule has 7 nitrogen and oxygen atoms in total. The predicted molar refractivity (Wildman–Crippen MR) is 108 cm³/mol. The number of carbonyl (C=O) groups excluding carboxylic acids is 1. The van der Waals surface area contributed by atoms with Gasteiger partial charge in [0, 0.05) is 41.2 Å². The van der Waals surface area contributed by atoms with Crippen molar-refractivity contribution in [2.75, 3.05) is 6.61 Å². The number of ether oxygens (including phenoxy) is 1. The maximum atomic E-state index is 12.5. The molecule has 3 rings (SSSR count). The molecule has 0 bridgehead atoms. The van der Waals surface area contributed by atoms with Crippen LogP contribution in [0.2, 0.25) is 0 Å². The van der Waals surface area contributed by atoms with E-state index >= 15 is 0 Å². The van der Waals surface area contributed by atoms with Crippen LogP contribution in [-0.2, 0) is 9.53 Å². The van der Waals surface area contributed by atoms with Crippen molar-refractivity contribution in [3.63, 3.8) is 0 Å². The highest BCUT2D eigenvalue weighted by atomic mass is 16.6. The molecule has 0 spiro atoms. The second-order valence-electron chi connectivity index (χ2n) is 6.56. The maximum absolute atomic E-state index is 12.5. The van der Waals surface area contributed by atoms with Gasteiger partial charge in [0.1, 0.15) is 0 Å². The van der Waals surface area contributed by atoms with E-state index in [9.17, 15) is 14.9 Å². The van der Waals surface area contributed by atoms with E-state index < -0.39 is 10.9 Å². The first-order valence-electron chi connectivity index (χ1n) is 8.88. The van der Waals surface area contributed by atoms with E-state index in [0.29, 0.717) is 22.5 Å². The molecule has 0 saturated heterocycles. The summed E-state index contributed by atoms with van der Waals surface area (Å²) in [5.74, 6) is 1.47. The summed E-state index contributed by atoms with van der Waals surface area (Å²) in [4.78, 5) is 27.5. The first-order valence-corrected chi connectivity index (χ1v) is 8.88. The molecule has 0 fully saturated rings. The first kappa shape index (κ1) is 19.8. The Kier molecular flexibility index (Phi) is 5.74. The number of nitro benzene ring substituents is 1. The Morgan fingerprint density at radius 1 is 1.34 bits per heavy atom. The van der Waals surface area contributed by atoms with Crippen LogP contribution in [0.3, 0.4) is 0 Å². The molecule has 1 aromatic carbocycles. The van der Waals surface area contributed by atoms with Crippen LogP contribution in [0, 0.1) is 22.5 Å². The summed E-state index contributed by atoms with van der Waals surface area (Å²) in [6.45, 7) is 3.61. The molecule has 1 atom stereocenters. The molecular weight excluding hydrogens is 370 g/mol. The molecular formula is C22H19N3O4. The van der Waals surface area contributed by atoms with Gasteiger partial charge >= 0.3 is 5.97 Å². The number of allylic oxidation sites excluding steroid dienone is 3. The lowest BCUT2D eigenvalue weighted by atomic mass is 9.87. The summed E-state index contributed by atoms with van der Waals surface area (Å²) in [6, 6.07) is 9.91. The van der Waals surface area contributed by atoms with E-state index in [2.05, 4.69) is 16.2 Å². The minimum atomic E-state index is -0.482. The van der Waals surface area contributed by atoms with Crippen molar-refractivity contribution in [1.29, 1.82) is 0 Å². The van der Waals surface area contributed by atoms with Gasteiger partial charge in [-0.2, -0.15) is 0 Å². The molecule has 7 heteroatoms. The van der Waals surface area contributed by atoms with Crippen LogP contribution >= 0.6 is 0 Å². The molecule has 0 amide bonds. The molecule has 1 aromatic heterocycles. The number of aromatic nitrogens is 1. The van der Waals surface area contributed by atoms with Gasteiger partial charge in [-0.25, -0.2) is 4.79 Å². The first-order chi connectivity index (χ1) is 13.9. The Morgan fingerprint density at radius 2 is 2.14 bits per heavy atom. The van der Waals surface area contributed by atoms with Gasteiger partial charge in [-0.15, -0.1) is 6.42 Å². The molecule has 2 heterocycles. The van der Waals surface area contributed by atoms with E-state index in [-0.39, 0.29) is 18.2 Å². The van der Waals surface area contributed by atoms with Gasteiger partial charge in [-0.1, -0.05) is 30.2 Å².